The molecule has 0 atom stereocenters. The van der Waals surface area contributed by atoms with E-state index in [9.17, 15) is 19.2 Å². The average Bonchev–Trinajstić information content (AvgIpc) is 2.21. The number of hydrogen-bond acceptors (Lipinski definition) is 4. The number of hydrogen-bond donors (Lipinski definition) is 0. The van der Waals surface area contributed by atoms with Crippen LogP contribution in [0, 0.1) is 6.92 Å². The van der Waals surface area contributed by atoms with Crippen LogP contribution in [0.15, 0.2) is 16.9 Å². The minimum absolute atomic E-state index is 0.0203. The monoisotopic (exact) mass is 249 g/mol. The van der Waals surface area contributed by atoms with Crippen molar-refractivity contribution in [1.82, 2.24) is 4.57 Å². The van der Waals surface area contributed by atoms with Crippen molar-refractivity contribution in [2.75, 3.05) is 0 Å². The maximum atomic E-state index is 12.1. The molecule has 0 unspecified atom stereocenters. The van der Waals surface area contributed by atoms with Gasteiger partial charge in [-0.15, -0.1) is 0 Å². The summed E-state index contributed by atoms with van der Waals surface area (Å²) < 4.78 is 1.08. The van der Waals surface area contributed by atoms with Gasteiger partial charge >= 0.3 is 0 Å². The van der Waals surface area contributed by atoms with E-state index < -0.39 is 23.2 Å². The highest BCUT2D eigenvalue weighted by Gasteiger charge is 2.25. The lowest BCUT2D eigenvalue weighted by Gasteiger charge is -2.17. The summed E-state index contributed by atoms with van der Waals surface area (Å²) in [6.45, 7) is 5.38. The molecule has 0 radical (unpaired) electrons. The molecule has 0 fully saturated rings. The minimum atomic E-state index is -1.16. The van der Waals surface area contributed by atoms with Crippen molar-refractivity contribution in [2.45, 2.75) is 33.7 Å². The van der Waals surface area contributed by atoms with Gasteiger partial charge in [-0.1, -0.05) is 0 Å². The number of aryl methyl sites for hydroxylation is 1. The zero-order chi connectivity index (χ0) is 14.0. The van der Waals surface area contributed by atoms with Crippen molar-refractivity contribution in [3.05, 3.63) is 33.7 Å². The smallest absolute Gasteiger partial charge is 0.262 e. The molecule has 96 valence electrons. The second kappa shape index (κ2) is 5.08. The Morgan fingerprint density at radius 2 is 1.56 bits per heavy atom. The first-order valence-electron chi connectivity index (χ1n) is 5.51. The summed E-state index contributed by atoms with van der Waals surface area (Å²) in [5.74, 6) is -1.23. The normalized spacial score (nSPS) is 10.5. The van der Waals surface area contributed by atoms with E-state index in [-0.39, 0.29) is 11.3 Å². The highest BCUT2D eigenvalue weighted by Crippen LogP contribution is 2.11. The van der Waals surface area contributed by atoms with Crippen LogP contribution in [0.5, 0.6) is 0 Å². The molecular weight excluding hydrogens is 234 g/mol. The molecule has 0 aliphatic carbocycles. The Bertz CT molecular complexity index is 569. The zero-order valence-corrected chi connectivity index (χ0v) is 10.8. The quantitative estimate of drug-likeness (QED) is 0.591. The largest absolute Gasteiger partial charge is 0.297 e. The maximum Gasteiger partial charge on any atom is 0.262 e. The van der Waals surface area contributed by atoms with E-state index in [2.05, 4.69) is 0 Å². The van der Waals surface area contributed by atoms with Gasteiger partial charge < -0.3 is 0 Å². The van der Waals surface area contributed by atoms with Crippen LogP contribution in [-0.4, -0.2) is 21.9 Å². The molecular formula is C13H15NO4. The molecule has 1 heterocycles. The number of pyridine rings is 1. The fourth-order valence-corrected chi connectivity index (χ4v) is 1.88. The summed E-state index contributed by atoms with van der Waals surface area (Å²) in [5, 5.41) is 0. The van der Waals surface area contributed by atoms with E-state index in [4.69, 9.17) is 0 Å². The zero-order valence-electron chi connectivity index (χ0n) is 10.8. The van der Waals surface area contributed by atoms with Crippen LogP contribution in [0.25, 0.3) is 0 Å². The van der Waals surface area contributed by atoms with E-state index >= 15 is 0 Å². The maximum absolute atomic E-state index is 12.1. The molecule has 0 bridgehead atoms. The van der Waals surface area contributed by atoms with Crippen LogP contribution >= 0.6 is 0 Å². The van der Waals surface area contributed by atoms with Gasteiger partial charge in [-0.2, -0.15) is 0 Å². The van der Waals surface area contributed by atoms with Crippen molar-refractivity contribution in [2.24, 2.45) is 0 Å². The number of nitrogens with zero attached hydrogens (tertiary/aromatic N) is 1. The van der Waals surface area contributed by atoms with E-state index in [0.29, 0.717) is 5.69 Å². The van der Waals surface area contributed by atoms with Gasteiger partial charge in [-0.05, 0) is 39.8 Å². The van der Waals surface area contributed by atoms with Crippen LogP contribution in [0.2, 0.25) is 0 Å². The first kappa shape index (κ1) is 14.0. The van der Waals surface area contributed by atoms with Gasteiger partial charge in [0, 0.05) is 5.69 Å². The Balaban J connectivity index is 3.62. The summed E-state index contributed by atoms with van der Waals surface area (Å²) in [4.78, 5) is 46.4. The molecule has 0 aromatic carbocycles. The SMILES string of the molecule is CC(=O)c1ccc(C)n(C(C(C)=O)C(C)=O)c1=O. The third kappa shape index (κ3) is 2.45. The van der Waals surface area contributed by atoms with Crippen molar-refractivity contribution < 1.29 is 14.4 Å². The lowest BCUT2D eigenvalue weighted by molar-refractivity contribution is -0.129. The summed E-state index contributed by atoms with van der Waals surface area (Å²) in [6, 6.07) is 1.81. The number of carbonyl (C=O) groups excluding carboxylic acids is 3. The van der Waals surface area contributed by atoms with Crippen LogP contribution in [0.3, 0.4) is 0 Å². The van der Waals surface area contributed by atoms with Gasteiger partial charge in [-0.3, -0.25) is 23.7 Å². The van der Waals surface area contributed by atoms with Crippen LogP contribution in [0.4, 0.5) is 0 Å². The van der Waals surface area contributed by atoms with Crippen LogP contribution < -0.4 is 5.56 Å². The molecule has 18 heavy (non-hydrogen) atoms. The van der Waals surface area contributed by atoms with Crippen molar-refractivity contribution in [3.63, 3.8) is 0 Å². The molecule has 5 heteroatoms. The second-order valence-corrected chi connectivity index (χ2v) is 4.24. The molecule has 0 aliphatic heterocycles. The van der Waals surface area contributed by atoms with Gasteiger partial charge in [0.15, 0.2) is 23.4 Å². The molecule has 1 aromatic heterocycles. The van der Waals surface area contributed by atoms with Crippen molar-refractivity contribution in [1.29, 1.82) is 0 Å². The second-order valence-electron chi connectivity index (χ2n) is 4.24. The Kier molecular flexibility index (Phi) is 3.96. The number of ketones is 3. The molecule has 0 saturated carbocycles. The van der Waals surface area contributed by atoms with Crippen LogP contribution in [-0.2, 0) is 9.59 Å². The summed E-state index contributed by atoms with van der Waals surface area (Å²) in [6.07, 6.45) is 0. The van der Waals surface area contributed by atoms with Gasteiger partial charge in [0.2, 0.25) is 0 Å². The molecule has 0 N–H and O–H groups in total. The van der Waals surface area contributed by atoms with Gasteiger partial charge in [0.05, 0.1) is 5.56 Å². The molecule has 5 nitrogen and oxygen atoms in total. The summed E-state index contributed by atoms with van der Waals surface area (Å²) in [5.41, 5.74) is -0.147. The molecule has 0 spiro atoms. The fourth-order valence-electron chi connectivity index (χ4n) is 1.88. The lowest BCUT2D eigenvalue weighted by atomic mass is 10.1. The Morgan fingerprint density at radius 1 is 1.06 bits per heavy atom. The highest BCUT2D eigenvalue weighted by molar-refractivity contribution is 6.02. The summed E-state index contributed by atoms with van der Waals surface area (Å²) >= 11 is 0. The van der Waals surface area contributed by atoms with Crippen molar-refractivity contribution in [3.8, 4) is 0 Å². The standard InChI is InChI=1S/C13H15NO4/c1-7-5-6-11(8(2)15)13(18)14(7)12(9(3)16)10(4)17/h5-6,12H,1-4H3. The van der Waals surface area contributed by atoms with E-state index in [0.717, 1.165) is 4.57 Å². The fraction of sp³-hybridized carbons (Fsp3) is 0.385. The number of rotatable bonds is 4. The Labute approximate surface area is 104 Å². The number of carbonyl (C=O) groups is 3. The third-order valence-corrected chi connectivity index (χ3v) is 2.73. The topological polar surface area (TPSA) is 73.2 Å². The number of aromatic nitrogens is 1. The van der Waals surface area contributed by atoms with E-state index in [1.807, 2.05) is 0 Å². The predicted octanol–water partition coefficient (Wildman–Crippen LogP) is 1.08. The minimum Gasteiger partial charge on any atom is -0.297 e. The van der Waals surface area contributed by atoms with Gasteiger partial charge in [0.25, 0.3) is 5.56 Å². The van der Waals surface area contributed by atoms with Crippen LogP contribution in [0.1, 0.15) is 42.9 Å². The van der Waals surface area contributed by atoms with Gasteiger partial charge in [-0.25, -0.2) is 0 Å². The molecule has 0 saturated heterocycles. The van der Waals surface area contributed by atoms with Gasteiger partial charge in [0.1, 0.15) is 0 Å². The first-order valence-corrected chi connectivity index (χ1v) is 5.51. The highest BCUT2D eigenvalue weighted by atomic mass is 16.2. The predicted molar refractivity (Wildman–Crippen MR) is 65.8 cm³/mol. The van der Waals surface area contributed by atoms with Crippen molar-refractivity contribution >= 4 is 17.3 Å². The van der Waals surface area contributed by atoms with E-state index in [1.54, 1.807) is 13.0 Å². The Morgan fingerprint density at radius 3 is 1.94 bits per heavy atom. The van der Waals surface area contributed by atoms with E-state index in [1.165, 1.54) is 26.8 Å². The average molecular weight is 249 g/mol. The number of Topliss-reactive ketones (excluding diaryl/α,β-unsaturated/α-hetero) is 3. The third-order valence-electron chi connectivity index (χ3n) is 2.73. The Hall–Kier alpha value is -2.04. The molecule has 1 aromatic rings. The molecule has 0 amide bonds. The summed E-state index contributed by atoms with van der Waals surface area (Å²) in [7, 11) is 0. The first-order chi connectivity index (χ1) is 8.27. The lowest BCUT2D eigenvalue weighted by Crippen LogP contribution is -2.36. The molecule has 0 aliphatic rings. The molecule has 1 rings (SSSR count).